The molecule has 138 valence electrons. The van der Waals surface area contributed by atoms with Crippen molar-refractivity contribution in [2.45, 2.75) is 77.6 Å². The number of nitrogens with one attached hydrogen (secondary N) is 1. The van der Waals surface area contributed by atoms with Crippen molar-refractivity contribution in [2.75, 3.05) is 6.54 Å². The van der Waals surface area contributed by atoms with Crippen LogP contribution in [0.4, 0.5) is 4.79 Å². The molecule has 0 bridgehead atoms. The van der Waals surface area contributed by atoms with E-state index in [1.165, 1.54) is 0 Å². The van der Waals surface area contributed by atoms with E-state index in [4.69, 9.17) is 4.74 Å². The van der Waals surface area contributed by atoms with Gasteiger partial charge in [-0.1, -0.05) is 0 Å². The van der Waals surface area contributed by atoms with Crippen molar-refractivity contribution in [1.29, 1.82) is 0 Å². The minimum atomic E-state index is -0.572. The molecule has 1 N–H and O–H groups in total. The third-order valence-electron chi connectivity index (χ3n) is 4.54. The van der Waals surface area contributed by atoms with Gasteiger partial charge in [-0.15, -0.1) is 10.2 Å². The third kappa shape index (κ3) is 4.11. The molecular formula is C17H27N5O3. The Morgan fingerprint density at radius 1 is 1.20 bits per heavy atom. The Balaban J connectivity index is 1.61. The number of likely N-dealkylation sites (tertiary alicyclic amines) is 1. The lowest BCUT2D eigenvalue weighted by Gasteiger charge is -2.35. The SMILES string of the molecule is CC(C)(C)OC(=O)N1CCCC[C@H]1C(=O)NCc1nnc2n1CCC2. The first-order valence-electron chi connectivity index (χ1n) is 9.03. The van der Waals surface area contributed by atoms with Gasteiger partial charge in [0.25, 0.3) is 0 Å². The highest BCUT2D eigenvalue weighted by Crippen LogP contribution is 2.21. The van der Waals surface area contributed by atoms with Crippen molar-refractivity contribution >= 4 is 12.0 Å². The van der Waals surface area contributed by atoms with Crippen molar-refractivity contribution < 1.29 is 14.3 Å². The molecular weight excluding hydrogens is 322 g/mol. The molecule has 3 heterocycles. The van der Waals surface area contributed by atoms with Gasteiger partial charge in [-0.25, -0.2) is 4.79 Å². The standard InChI is InChI=1S/C17H27N5O3/c1-17(2,3)25-16(24)21-9-5-4-7-12(21)15(23)18-11-14-20-19-13-8-6-10-22(13)14/h12H,4-11H2,1-3H3,(H,18,23)/t12-/m0/s1. The summed E-state index contributed by atoms with van der Waals surface area (Å²) in [6.07, 6.45) is 4.06. The maximum Gasteiger partial charge on any atom is 0.410 e. The van der Waals surface area contributed by atoms with Gasteiger partial charge in [0.1, 0.15) is 17.5 Å². The summed E-state index contributed by atoms with van der Waals surface area (Å²) in [6.45, 7) is 7.28. The summed E-state index contributed by atoms with van der Waals surface area (Å²) in [4.78, 5) is 26.6. The number of ether oxygens (including phenoxy) is 1. The number of fused-ring (bicyclic) bond motifs is 1. The van der Waals surface area contributed by atoms with E-state index in [1.807, 2.05) is 20.8 Å². The topological polar surface area (TPSA) is 89.3 Å². The van der Waals surface area contributed by atoms with Crippen LogP contribution in [0.3, 0.4) is 0 Å². The molecule has 1 atom stereocenters. The lowest BCUT2D eigenvalue weighted by molar-refractivity contribution is -0.127. The highest BCUT2D eigenvalue weighted by Gasteiger charge is 2.34. The van der Waals surface area contributed by atoms with E-state index in [2.05, 4.69) is 20.1 Å². The Morgan fingerprint density at radius 2 is 2.00 bits per heavy atom. The molecule has 25 heavy (non-hydrogen) atoms. The summed E-state index contributed by atoms with van der Waals surface area (Å²) < 4.78 is 7.51. The summed E-state index contributed by atoms with van der Waals surface area (Å²) in [5.74, 6) is 1.61. The molecule has 0 aliphatic carbocycles. The first kappa shape index (κ1) is 17.7. The number of piperidine rings is 1. The maximum absolute atomic E-state index is 12.7. The van der Waals surface area contributed by atoms with E-state index >= 15 is 0 Å². The van der Waals surface area contributed by atoms with Crippen LogP contribution in [0.25, 0.3) is 0 Å². The van der Waals surface area contributed by atoms with Crippen LogP contribution in [0.1, 0.15) is 58.1 Å². The number of amides is 2. The third-order valence-corrected chi connectivity index (χ3v) is 4.54. The van der Waals surface area contributed by atoms with Crippen molar-refractivity contribution in [1.82, 2.24) is 25.0 Å². The Hall–Kier alpha value is -2.12. The van der Waals surface area contributed by atoms with Gasteiger partial charge in [0, 0.05) is 19.5 Å². The normalized spacial score (nSPS) is 20.3. The van der Waals surface area contributed by atoms with Gasteiger partial charge in [0.2, 0.25) is 5.91 Å². The quantitative estimate of drug-likeness (QED) is 0.896. The Bertz CT molecular complexity index is 649. The average molecular weight is 349 g/mol. The molecule has 0 aromatic carbocycles. The molecule has 8 heteroatoms. The van der Waals surface area contributed by atoms with Gasteiger partial charge in [-0.2, -0.15) is 0 Å². The zero-order chi connectivity index (χ0) is 18.0. The zero-order valence-corrected chi connectivity index (χ0v) is 15.2. The Morgan fingerprint density at radius 3 is 2.76 bits per heavy atom. The fraction of sp³-hybridized carbons (Fsp3) is 0.765. The molecule has 0 radical (unpaired) electrons. The van der Waals surface area contributed by atoms with Gasteiger partial charge in [-0.3, -0.25) is 9.69 Å². The number of carbonyl (C=O) groups is 2. The smallest absolute Gasteiger partial charge is 0.410 e. The van der Waals surface area contributed by atoms with E-state index in [0.717, 1.165) is 43.9 Å². The number of rotatable bonds is 3. The molecule has 2 amide bonds. The lowest BCUT2D eigenvalue weighted by Crippen LogP contribution is -2.53. The zero-order valence-electron chi connectivity index (χ0n) is 15.2. The minimum absolute atomic E-state index is 0.152. The molecule has 8 nitrogen and oxygen atoms in total. The van der Waals surface area contributed by atoms with Gasteiger partial charge in [0.05, 0.1) is 6.54 Å². The number of aryl methyl sites for hydroxylation is 1. The van der Waals surface area contributed by atoms with Crippen molar-refractivity contribution in [2.24, 2.45) is 0 Å². The van der Waals surface area contributed by atoms with E-state index in [0.29, 0.717) is 19.5 Å². The van der Waals surface area contributed by atoms with Crippen LogP contribution in [0, 0.1) is 0 Å². The monoisotopic (exact) mass is 349 g/mol. The van der Waals surface area contributed by atoms with E-state index in [-0.39, 0.29) is 5.91 Å². The second-order valence-corrected chi connectivity index (χ2v) is 7.69. The lowest BCUT2D eigenvalue weighted by atomic mass is 10.0. The maximum atomic E-state index is 12.7. The highest BCUT2D eigenvalue weighted by molar-refractivity contribution is 5.85. The summed E-state index contributed by atoms with van der Waals surface area (Å²) in [6, 6.07) is -0.482. The van der Waals surface area contributed by atoms with Gasteiger partial charge >= 0.3 is 6.09 Å². The first-order valence-corrected chi connectivity index (χ1v) is 9.03. The van der Waals surface area contributed by atoms with Gasteiger partial charge < -0.3 is 14.6 Å². The summed E-state index contributed by atoms with van der Waals surface area (Å²) in [5, 5.41) is 11.2. The molecule has 1 aromatic rings. The molecule has 2 aliphatic heterocycles. The van der Waals surface area contributed by atoms with Crippen LogP contribution in [-0.4, -0.2) is 49.9 Å². The van der Waals surface area contributed by atoms with Crippen molar-refractivity contribution in [3.05, 3.63) is 11.6 Å². The van der Waals surface area contributed by atoms with Crippen LogP contribution in [0.5, 0.6) is 0 Å². The fourth-order valence-electron chi connectivity index (χ4n) is 3.37. The van der Waals surface area contributed by atoms with Gasteiger partial charge in [-0.05, 0) is 46.5 Å². The highest BCUT2D eigenvalue weighted by atomic mass is 16.6. The average Bonchev–Trinajstić information content (AvgIpc) is 3.15. The molecule has 3 rings (SSSR count). The predicted octanol–water partition coefficient (Wildman–Crippen LogP) is 1.63. The summed E-state index contributed by atoms with van der Waals surface area (Å²) >= 11 is 0. The number of carbonyl (C=O) groups excluding carboxylic acids is 2. The predicted molar refractivity (Wildman–Crippen MR) is 90.8 cm³/mol. The molecule has 0 saturated carbocycles. The summed E-state index contributed by atoms with van der Waals surface area (Å²) in [7, 11) is 0. The van der Waals surface area contributed by atoms with E-state index in [9.17, 15) is 9.59 Å². The number of aromatic nitrogens is 3. The van der Waals surface area contributed by atoms with E-state index < -0.39 is 17.7 Å². The van der Waals surface area contributed by atoms with Gasteiger partial charge in [0.15, 0.2) is 5.82 Å². The number of hydrogen-bond donors (Lipinski definition) is 1. The van der Waals surface area contributed by atoms with Crippen molar-refractivity contribution in [3.8, 4) is 0 Å². The van der Waals surface area contributed by atoms with Crippen LogP contribution in [0.15, 0.2) is 0 Å². The molecule has 0 unspecified atom stereocenters. The number of hydrogen-bond acceptors (Lipinski definition) is 5. The second kappa shape index (κ2) is 7.01. The molecule has 2 aliphatic rings. The number of nitrogens with zero attached hydrogens (tertiary/aromatic N) is 4. The fourth-order valence-corrected chi connectivity index (χ4v) is 3.37. The molecule has 0 spiro atoms. The van der Waals surface area contributed by atoms with E-state index in [1.54, 1.807) is 4.90 Å². The molecule has 1 aromatic heterocycles. The van der Waals surface area contributed by atoms with Crippen LogP contribution >= 0.6 is 0 Å². The second-order valence-electron chi connectivity index (χ2n) is 7.69. The van der Waals surface area contributed by atoms with Crippen LogP contribution in [-0.2, 0) is 29.0 Å². The summed E-state index contributed by atoms with van der Waals surface area (Å²) in [5.41, 5.74) is -0.572. The molecule has 1 saturated heterocycles. The first-order chi connectivity index (χ1) is 11.8. The Kier molecular flexibility index (Phi) is 4.96. The van der Waals surface area contributed by atoms with Crippen LogP contribution in [0.2, 0.25) is 0 Å². The largest absolute Gasteiger partial charge is 0.444 e. The minimum Gasteiger partial charge on any atom is -0.444 e. The van der Waals surface area contributed by atoms with Crippen LogP contribution < -0.4 is 5.32 Å². The van der Waals surface area contributed by atoms with Crippen molar-refractivity contribution in [3.63, 3.8) is 0 Å². The Labute approximate surface area is 147 Å². The molecule has 1 fully saturated rings.